The Balaban J connectivity index is 1.93. The van der Waals surface area contributed by atoms with Crippen molar-refractivity contribution in [2.75, 3.05) is 5.32 Å². The first-order chi connectivity index (χ1) is 9.15. The summed E-state index contributed by atoms with van der Waals surface area (Å²) in [5.41, 5.74) is 0.944. The third-order valence-corrected chi connectivity index (χ3v) is 2.73. The SMILES string of the molecule is CC(NC(=S)Nc1ncccn1)c1ccc(F)cc1. The Morgan fingerprint density at radius 3 is 2.47 bits per heavy atom. The van der Waals surface area contributed by atoms with E-state index >= 15 is 0 Å². The fourth-order valence-corrected chi connectivity index (χ4v) is 1.80. The van der Waals surface area contributed by atoms with Crippen LogP contribution in [0.1, 0.15) is 18.5 Å². The summed E-state index contributed by atoms with van der Waals surface area (Å²) in [5.74, 6) is 0.181. The third kappa shape index (κ3) is 3.96. The lowest BCUT2D eigenvalue weighted by molar-refractivity contribution is 0.624. The van der Waals surface area contributed by atoms with E-state index in [9.17, 15) is 4.39 Å². The average Bonchev–Trinajstić information content (AvgIpc) is 2.40. The van der Waals surface area contributed by atoms with Crippen LogP contribution in [0.15, 0.2) is 42.7 Å². The lowest BCUT2D eigenvalue weighted by atomic mass is 10.1. The van der Waals surface area contributed by atoms with Crippen LogP contribution in [-0.4, -0.2) is 15.1 Å². The van der Waals surface area contributed by atoms with Crippen LogP contribution < -0.4 is 10.6 Å². The van der Waals surface area contributed by atoms with Gasteiger partial charge in [-0.1, -0.05) is 12.1 Å². The molecule has 4 nitrogen and oxygen atoms in total. The molecule has 0 saturated heterocycles. The van der Waals surface area contributed by atoms with Crippen molar-refractivity contribution >= 4 is 23.3 Å². The van der Waals surface area contributed by atoms with Crippen LogP contribution in [0, 0.1) is 5.82 Å². The molecule has 1 atom stereocenters. The first-order valence-electron chi connectivity index (χ1n) is 5.75. The normalized spacial score (nSPS) is 11.7. The largest absolute Gasteiger partial charge is 0.356 e. The van der Waals surface area contributed by atoms with Gasteiger partial charge in [0.1, 0.15) is 5.82 Å². The summed E-state index contributed by atoms with van der Waals surface area (Å²) < 4.78 is 12.8. The summed E-state index contributed by atoms with van der Waals surface area (Å²) >= 11 is 5.16. The van der Waals surface area contributed by atoms with Crippen molar-refractivity contribution < 1.29 is 4.39 Å². The van der Waals surface area contributed by atoms with E-state index in [2.05, 4.69) is 20.6 Å². The zero-order chi connectivity index (χ0) is 13.7. The topological polar surface area (TPSA) is 49.8 Å². The molecule has 0 aliphatic carbocycles. The molecule has 0 saturated carbocycles. The van der Waals surface area contributed by atoms with Gasteiger partial charge in [-0.25, -0.2) is 14.4 Å². The van der Waals surface area contributed by atoms with Crippen LogP contribution >= 0.6 is 12.2 Å². The molecule has 1 aromatic carbocycles. The number of hydrogen-bond donors (Lipinski definition) is 2. The van der Waals surface area contributed by atoms with E-state index in [4.69, 9.17) is 12.2 Å². The van der Waals surface area contributed by atoms with Crippen LogP contribution in [0.3, 0.4) is 0 Å². The van der Waals surface area contributed by atoms with Gasteiger partial charge in [0.25, 0.3) is 0 Å². The molecule has 0 amide bonds. The number of anilines is 1. The van der Waals surface area contributed by atoms with Crippen LogP contribution in [0.25, 0.3) is 0 Å². The summed E-state index contributed by atoms with van der Waals surface area (Å²) in [6.45, 7) is 1.94. The van der Waals surface area contributed by atoms with Gasteiger partial charge in [-0.15, -0.1) is 0 Å². The fourth-order valence-electron chi connectivity index (χ4n) is 1.53. The molecule has 2 N–H and O–H groups in total. The zero-order valence-corrected chi connectivity index (χ0v) is 11.1. The van der Waals surface area contributed by atoms with Crippen molar-refractivity contribution in [2.24, 2.45) is 0 Å². The standard InChI is InChI=1S/C13H13FN4S/c1-9(10-3-5-11(14)6-4-10)17-13(19)18-12-15-7-2-8-16-12/h2-9H,1H3,(H2,15,16,17,18,19). The summed E-state index contributed by atoms with van der Waals surface area (Å²) in [6, 6.07) is 7.96. The Morgan fingerprint density at radius 2 is 1.84 bits per heavy atom. The van der Waals surface area contributed by atoms with Gasteiger partial charge in [0.05, 0.1) is 6.04 Å². The quantitative estimate of drug-likeness (QED) is 0.844. The second-order valence-corrected chi connectivity index (χ2v) is 4.35. The molecular formula is C13H13FN4S. The molecule has 6 heteroatoms. The maximum absolute atomic E-state index is 12.8. The molecule has 0 fully saturated rings. The fraction of sp³-hybridized carbons (Fsp3) is 0.154. The Morgan fingerprint density at radius 1 is 1.21 bits per heavy atom. The second-order valence-electron chi connectivity index (χ2n) is 3.94. The summed E-state index contributed by atoms with van der Waals surface area (Å²) in [7, 11) is 0. The van der Waals surface area contributed by atoms with Gasteiger partial charge in [-0.3, -0.25) is 0 Å². The third-order valence-electron chi connectivity index (χ3n) is 2.51. The lowest BCUT2D eigenvalue weighted by Gasteiger charge is -2.16. The molecular weight excluding hydrogens is 263 g/mol. The highest BCUT2D eigenvalue weighted by Crippen LogP contribution is 2.12. The van der Waals surface area contributed by atoms with E-state index in [0.29, 0.717) is 11.1 Å². The molecule has 0 spiro atoms. The predicted octanol–water partition coefficient (Wildman–Crippen LogP) is 2.66. The van der Waals surface area contributed by atoms with E-state index < -0.39 is 0 Å². The number of halogens is 1. The maximum atomic E-state index is 12.8. The van der Waals surface area contributed by atoms with Gasteiger partial charge in [0, 0.05) is 12.4 Å². The van der Waals surface area contributed by atoms with Crippen molar-refractivity contribution in [3.05, 3.63) is 54.1 Å². The van der Waals surface area contributed by atoms with Crippen molar-refractivity contribution in [3.63, 3.8) is 0 Å². The Kier molecular flexibility index (Phi) is 4.35. The number of thiocarbonyl (C=S) groups is 1. The molecule has 1 unspecified atom stereocenters. The summed E-state index contributed by atoms with van der Waals surface area (Å²) in [4.78, 5) is 8.02. The molecule has 1 heterocycles. The Hall–Kier alpha value is -2.08. The number of nitrogens with one attached hydrogen (secondary N) is 2. The predicted molar refractivity (Wildman–Crippen MR) is 76.2 cm³/mol. The smallest absolute Gasteiger partial charge is 0.228 e. The molecule has 0 aliphatic rings. The van der Waals surface area contributed by atoms with Crippen LogP contribution in [-0.2, 0) is 0 Å². The molecule has 19 heavy (non-hydrogen) atoms. The second kappa shape index (κ2) is 6.19. The van der Waals surface area contributed by atoms with Crippen molar-refractivity contribution in [1.82, 2.24) is 15.3 Å². The molecule has 0 radical (unpaired) electrons. The first-order valence-corrected chi connectivity index (χ1v) is 6.16. The number of hydrogen-bond acceptors (Lipinski definition) is 3. The van der Waals surface area contributed by atoms with Crippen molar-refractivity contribution in [2.45, 2.75) is 13.0 Å². The molecule has 2 aromatic rings. The monoisotopic (exact) mass is 276 g/mol. The molecule has 98 valence electrons. The molecule has 1 aromatic heterocycles. The first kappa shape index (κ1) is 13.4. The Bertz CT molecular complexity index is 544. The maximum Gasteiger partial charge on any atom is 0.228 e. The van der Waals surface area contributed by atoms with Gasteiger partial charge in [0.2, 0.25) is 5.95 Å². The van der Waals surface area contributed by atoms with E-state index in [1.165, 1.54) is 12.1 Å². The molecule has 0 aliphatic heterocycles. The average molecular weight is 276 g/mol. The Labute approximate surface area is 116 Å². The summed E-state index contributed by atoms with van der Waals surface area (Å²) in [5, 5.41) is 6.38. The molecule has 0 bridgehead atoms. The van der Waals surface area contributed by atoms with Crippen molar-refractivity contribution in [3.8, 4) is 0 Å². The van der Waals surface area contributed by atoms with E-state index in [-0.39, 0.29) is 11.9 Å². The minimum Gasteiger partial charge on any atom is -0.356 e. The van der Waals surface area contributed by atoms with Gasteiger partial charge >= 0.3 is 0 Å². The zero-order valence-electron chi connectivity index (χ0n) is 10.3. The van der Waals surface area contributed by atoms with Gasteiger partial charge in [-0.2, -0.15) is 0 Å². The minimum atomic E-state index is -0.255. The van der Waals surface area contributed by atoms with Crippen LogP contribution in [0.4, 0.5) is 10.3 Å². The lowest BCUT2D eigenvalue weighted by Crippen LogP contribution is -2.31. The van der Waals surface area contributed by atoms with Gasteiger partial charge in [-0.05, 0) is 42.9 Å². The van der Waals surface area contributed by atoms with E-state index in [1.807, 2.05) is 6.92 Å². The number of nitrogens with zero attached hydrogens (tertiary/aromatic N) is 2. The van der Waals surface area contributed by atoms with E-state index in [0.717, 1.165) is 5.56 Å². The number of rotatable bonds is 3. The van der Waals surface area contributed by atoms with Gasteiger partial charge in [0.15, 0.2) is 5.11 Å². The highest BCUT2D eigenvalue weighted by molar-refractivity contribution is 7.80. The van der Waals surface area contributed by atoms with Crippen LogP contribution in [0.5, 0.6) is 0 Å². The van der Waals surface area contributed by atoms with E-state index in [1.54, 1.807) is 30.6 Å². The van der Waals surface area contributed by atoms with Crippen LogP contribution in [0.2, 0.25) is 0 Å². The van der Waals surface area contributed by atoms with Crippen molar-refractivity contribution in [1.29, 1.82) is 0 Å². The molecule has 2 rings (SSSR count). The highest BCUT2D eigenvalue weighted by Gasteiger charge is 2.07. The number of benzene rings is 1. The number of aromatic nitrogens is 2. The minimum absolute atomic E-state index is 0.0377. The van der Waals surface area contributed by atoms with Gasteiger partial charge < -0.3 is 10.6 Å². The highest BCUT2D eigenvalue weighted by atomic mass is 32.1. The summed E-state index contributed by atoms with van der Waals surface area (Å²) in [6.07, 6.45) is 3.25.